The molecule has 0 radical (unpaired) electrons. The highest BCUT2D eigenvalue weighted by Gasteiger charge is 2.15. The fraction of sp³-hybridized carbons (Fsp3) is 0. The van der Waals surface area contributed by atoms with E-state index in [2.05, 4.69) is 62.7 Å². The van der Waals surface area contributed by atoms with E-state index in [1.165, 1.54) is 0 Å². The van der Waals surface area contributed by atoms with Crippen molar-refractivity contribution >= 4 is 53.9 Å². The highest BCUT2D eigenvalue weighted by atomic mass is 79.9. The second-order valence-electron chi connectivity index (χ2n) is 2.70. The normalized spacial score (nSPS) is 11.6. The third kappa shape index (κ3) is 0.894. The van der Waals surface area contributed by atoms with Gasteiger partial charge in [0.1, 0.15) is 22.1 Å². The number of H-pyrrole nitrogens is 2. The van der Waals surface area contributed by atoms with E-state index in [9.17, 15) is 0 Å². The fourth-order valence-electron chi connectivity index (χ4n) is 1.31. The molecule has 0 bridgehead atoms. The van der Waals surface area contributed by atoms with E-state index in [-0.39, 0.29) is 0 Å². The largest absolute Gasteiger partial charge is 0.256 e. The zero-order valence-corrected chi connectivity index (χ0v) is 9.72. The molecule has 0 fully saturated rings. The summed E-state index contributed by atoms with van der Waals surface area (Å²) in [6.45, 7) is 0. The Morgan fingerprint density at radius 1 is 0.786 bits per heavy atom. The van der Waals surface area contributed by atoms with Crippen LogP contribution in [0.2, 0.25) is 0 Å². The molecule has 14 heavy (non-hydrogen) atoms. The molecular formula is C6H2Br2N6. The molecule has 0 saturated carbocycles. The van der Waals surface area contributed by atoms with Crippen molar-refractivity contribution in [2.24, 2.45) is 0 Å². The van der Waals surface area contributed by atoms with Gasteiger partial charge in [-0.2, -0.15) is 0 Å². The van der Waals surface area contributed by atoms with Crippen molar-refractivity contribution in [1.82, 2.24) is 30.8 Å². The first-order valence-electron chi connectivity index (χ1n) is 3.67. The first-order valence-corrected chi connectivity index (χ1v) is 5.26. The minimum Gasteiger partial charge on any atom is -0.256 e. The van der Waals surface area contributed by atoms with Gasteiger partial charge >= 0.3 is 0 Å². The molecule has 0 aliphatic heterocycles. The molecule has 1 aromatic carbocycles. The standard InChI is InChI=1S/C6H2Br2N6/c7-1-3-5(11-13-9-3)2(8)6-4(1)10-14-12-6/h(H,9,11,13)(H,10,12,14). The summed E-state index contributed by atoms with van der Waals surface area (Å²) in [6.07, 6.45) is 0. The average molecular weight is 318 g/mol. The molecule has 0 saturated heterocycles. The maximum absolute atomic E-state index is 3.95. The van der Waals surface area contributed by atoms with Gasteiger partial charge in [0.15, 0.2) is 0 Å². The van der Waals surface area contributed by atoms with Gasteiger partial charge in [0.2, 0.25) is 0 Å². The van der Waals surface area contributed by atoms with Crippen LogP contribution in [0.15, 0.2) is 8.95 Å². The van der Waals surface area contributed by atoms with Crippen LogP contribution in [0.1, 0.15) is 0 Å². The SMILES string of the molecule is Brc1c2nn[nH]c2c(Br)c2nn[nH]c12. The molecule has 2 aromatic heterocycles. The summed E-state index contributed by atoms with van der Waals surface area (Å²) >= 11 is 6.84. The van der Waals surface area contributed by atoms with E-state index >= 15 is 0 Å². The average Bonchev–Trinajstić information content (AvgIpc) is 2.82. The summed E-state index contributed by atoms with van der Waals surface area (Å²) in [5.41, 5.74) is 3.10. The number of nitrogens with zero attached hydrogens (tertiary/aromatic N) is 4. The van der Waals surface area contributed by atoms with Crippen LogP contribution in [0.3, 0.4) is 0 Å². The van der Waals surface area contributed by atoms with Crippen molar-refractivity contribution < 1.29 is 0 Å². The van der Waals surface area contributed by atoms with Crippen LogP contribution >= 0.6 is 31.9 Å². The lowest BCUT2D eigenvalue weighted by atomic mass is 10.3. The lowest BCUT2D eigenvalue weighted by Crippen LogP contribution is -1.80. The number of aromatic nitrogens is 6. The van der Waals surface area contributed by atoms with Crippen molar-refractivity contribution in [2.45, 2.75) is 0 Å². The lowest BCUT2D eigenvalue weighted by Gasteiger charge is -1.96. The molecule has 6 nitrogen and oxygen atoms in total. The lowest BCUT2D eigenvalue weighted by molar-refractivity contribution is 0.951. The molecule has 0 aliphatic rings. The van der Waals surface area contributed by atoms with E-state index in [0.717, 1.165) is 31.0 Å². The summed E-state index contributed by atoms with van der Waals surface area (Å²) in [4.78, 5) is 0. The number of benzene rings is 1. The van der Waals surface area contributed by atoms with Crippen LogP contribution in [-0.2, 0) is 0 Å². The summed E-state index contributed by atoms with van der Waals surface area (Å²) in [6, 6.07) is 0. The number of fused-ring (bicyclic) bond motifs is 2. The van der Waals surface area contributed by atoms with Crippen LogP contribution in [-0.4, -0.2) is 30.8 Å². The molecule has 0 amide bonds. The Kier molecular flexibility index (Phi) is 1.62. The van der Waals surface area contributed by atoms with E-state index in [1.807, 2.05) is 0 Å². The number of rotatable bonds is 0. The molecule has 70 valence electrons. The molecule has 8 heteroatoms. The van der Waals surface area contributed by atoms with Crippen molar-refractivity contribution in [1.29, 1.82) is 0 Å². The smallest absolute Gasteiger partial charge is 0.130 e. The first-order chi connectivity index (χ1) is 6.79. The molecule has 0 atom stereocenters. The van der Waals surface area contributed by atoms with Crippen LogP contribution in [0.4, 0.5) is 0 Å². The highest BCUT2D eigenvalue weighted by Crippen LogP contribution is 2.34. The molecule has 3 aromatic rings. The zero-order valence-electron chi connectivity index (χ0n) is 6.54. The van der Waals surface area contributed by atoms with Crippen molar-refractivity contribution in [3.05, 3.63) is 8.95 Å². The Morgan fingerprint density at radius 2 is 1.21 bits per heavy atom. The van der Waals surface area contributed by atoms with Gasteiger partial charge in [0, 0.05) is 0 Å². The number of hydrogen-bond acceptors (Lipinski definition) is 4. The molecule has 2 heterocycles. The quantitative estimate of drug-likeness (QED) is 0.661. The topological polar surface area (TPSA) is 83.1 Å². The Labute approximate surface area is 93.7 Å². The van der Waals surface area contributed by atoms with Crippen LogP contribution < -0.4 is 0 Å². The Bertz CT molecular complexity index is 523. The van der Waals surface area contributed by atoms with Gasteiger partial charge in [-0.15, -0.1) is 10.2 Å². The van der Waals surface area contributed by atoms with Gasteiger partial charge < -0.3 is 0 Å². The fourth-order valence-corrected chi connectivity index (χ4v) is 2.41. The van der Waals surface area contributed by atoms with Gasteiger partial charge in [0.25, 0.3) is 0 Å². The van der Waals surface area contributed by atoms with Gasteiger partial charge in [0.05, 0.1) is 8.95 Å². The second kappa shape index (κ2) is 2.74. The van der Waals surface area contributed by atoms with E-state index in [0.29, 0.717) is 0 Å². The predicted octanol–water partition coefficient (Wildman–Crippen LogP) is 1.75. The number of halogens is 2. The third-order valence-corrected chi connectivity index (χ3v) is 3.50. The van der Waals surface area contributed by atoms with Crippen LogP contribution in [0.5, 0.6) is 0 Å². The third-order valence-electron chi connectivity index (χ3n) is 1.95. The number of hydrogen-bond donors (Lipinski definition) is 2. The second-order valence-corrected chi connectivity index (χ2v) is 4.28. The maximum Gasteiger partial charge on any atom is 0.130 e. The molecule has 3 rings (SSSR count). The molecule has 2 N–H and O–H groups in total. The zero-order chi connectivity index (χ0) is 9.71. The predicted molar refractivity (Wildman–Crippen MR) is 56.7 cm³/mol. The molecule has 0 aliphatic carbocycles. The van der Waals surface area contributed by atoms with Gasteiger partial charge in [-0.3, -0.25) is 10.2 Å². The monoisotopic (exact) mass is 316 g/mol. The van der Waals surface area contributed by atoms with Crippen LogP contribution in [0.25, 0.3) is 22.1 Å². The molecule has 0 unspecified atom stereocenters. The van der Waals surface area contributed by atoms with Crippen molar-refractivity contribution in [3.63, 3.8) is 0 Å². The van der Waals surface area contributed by atoms with Gasteiger partial charge in [-0.05, 0) is 31.9 Å². The van der Waals surface area contributed by atoms with Crippen molar-refractivity contribution in [2.75, 3.05) is 0 Å². The summed E-state index contributed by atoms with van der Waals surface area (Å²) in [7, 11) is 0. The maximum atomic E-state index is 3.95. The Balaban J connectivity index is 2.72. The van der Waals surface area contributed by atoms with Crippen molar-refractivity contribution in [3.8, 4) is 0 Å². The Hall–Kier alpha value is -1.02. The molecule has 0 spiro atoms. The number of aromatic amines is 2. The van der Waals surface area contributed by atoms with Gasteiger partial charge in [-0.25, -0.2) is 0 Å². The summed E-state index contributed by atoms with van der Waals surface area (Å²) in [5, 5.41) is 20.9. The molecular weight excluding hydrogens is 316 g/mol. The van der Waals surface area contributed by atoms with E-state index in [4.69, 9.17) is 0 Å². The highest BCUT2D eigenvalue weighted by molar-refractivity contribution is 9.11. The van der Waals surface area contributed by atoms with E-state index in [1.54, 1.807) is 0 Å². The van der Waals surface area contributed by atoms with Crippen LogP contribution in [0, 0.1) is 0 Å². The minimum absolute atomic E-state index is 0.746. The van der Waals surface area contributed by atoms with E-state index < -0.39 is 0 Å². The summed E-state index contributed by atoms with van der Waals surface area (Å²) in [5.74, 6) is 0. The summed E-state index contributed by atoms with van der Waals surface area (Å²) < 4.78 is 1.62. The first kappa shape index (κ1) is 8.30. The number of nitrogens with one attached hydrogen (secondary N) is 2. The minimum atomic E-state index is 0.746. The van der Waals surface area contributed by atoms with Gasteiger partial charge in [-0.1, -0.05) is 10.4 Å². The Morgan fingerprint density at radius 3 is 1.64 bits per heavy atom.